The van der Waals surface area contributed by atoms with Gasteiger partial charge >= 0.3 is 35.5 Å². The van der Waals surface area contributed by atoms with Crippen LogP contribution in [0.3, 0.4) is 0 Å². The predicted molar refractivity (Wildman–Crippen MR) is 90.3 cm³/mol. The summed E-state index contributed by atoms with van der Waals surface area (Å²) in [6.45, 7) is 4.50. The van der Waals surface area contributed by atoms with Crippen molar-refractivity contribution in [2.24, 2.45) is 0 Å². The number of nitrogens with zero attached hydrogens (tertiary/aromatic N) is 1. The van der Waals surface area contributed by atoms with Crippen LogP contribution in [0.15, 0.2) is 12.2 Å². The second-order valence-electron chi connectivity index (χ2n) is 6.12. The molecule has 0 bridgehead atoms. The van der Waals surface area contributed by atoms with Gasteiger partial charge in [-0.25, -0.2) is 4.79 Å². The number of allylic oxidation sites excluding steroid dienone is 1. The summed E-state index contributed by atoms with van der Waals surface area (Å²) in [6, 6.07) is -2.22. The van der Waals surface area contributed by atoms with Crippen molar-refractivity contribution >= 4 is 17.8 Å². The summed E-state index contributed by atoms with van der Waals surface area (Å²) in [5.74, 6) is -2.89. The van der Waals surface area contributed by atoms with E-state index >= 15 is 0 Å². The van der Waals surface area contributed by atoms with Gasteiger partial charge in [-0.3, -0.25) is 4.79 Å². The summed E-state index contributed by atoms with van der Waals surface area (Å²) in [6.07, 6.45) is 5.99. The Labute approximate surface area is 177 Å². The summed E-state index contributed by atoms with van der Waals surface area (Å²) in [7, 11) is 0. The molecule has 0 heterocycles. The van der Waals surface area contributed by atoms with E-state index in [2.05, 4.69) is 12.2 Å². The minimum atomic E-state index is -1.40. The molecule has 0 aliphatic heterocycles. The molecule has 9 heteroatoms. The number of carboxylic acids is 2. The van der Waals surface area contributed by atoms with Gasteiger partial charge in [0.05, 0.1) is 25.7 Å². The summed E-state index contributed by atoms with van der Waals surface area (Å²) in [5, 5.41) is 32.6. The van der Waals surface area contributed by atoms with Crippen LogP contribution >= 0.6 is 0 Å². The number of nitrogens with one attached hydrogen (secondary N) is 1. The van der Waals surface area contributed by atoms with Gasteiger partial charge < -0.3 is 29.9 Å². The molecule has 0 aliphatic carbocycles. The fourth-order valence-corrected chi connectivity index (χ4v) is 2.80. The number of hydrogen-bond donors (Lipinski definition) is 3. The van der Waals surface area contributed by atoms with Crippen LogP contribution in [0.4, 0.5) is 0 Å². The maximum Gasteiger partial charge on any atom is 1.00 e. The number of amides is 1. The van der Waals surface area contributed by atoms with Gasteiger partial charge in [0.1, 0.15) is 12.6 Å². The second-order valence-corrected chi connectivity index (χ2v) is 6.12. The molecule has 0 aromatic rings. The van der Waals surface area contributed by atoms with Crippen LogP contribution in [0, 0.1) is 0 Å². The Kier molecular flexibility index (Phi) is 14.9. The molecular formula is C17H30N2NaO6+. The molecule has 26 heavy (non-hydrogen) atoms. The van der Waals surface area contributed by atoms with Gasteiger partial charge in [-0.2, -0.15) is 0 Å². The zero-order valence-electron chi connectivity index (χ0n) is 16.2. The van der Waals surface area contributed by atoms with E-state index in [1.54, 1.807) is 6.08 Å². The number of aliphatic carboxylic acids is 2. The summed E-state index contributed by atoms with van der Waals surface area (Å²) < 4.78 is -0.409. The van der Waals surface area contributed by atoms with Gasteiger partial charge in [0.15, 0.2) is 6.04 Å². The average Bonchev–Trinajstić information content (AvgIpc) is 2.56. The SMILES string of the molecule is CCCC/C=C/C(=O)NCC[N+](CCO)(C(C)C(=O)[O-])C(C)C(=O)O.[Na+]. The number of carbonyl (C=O) groups excluding carboxylic acids is 2. The number of carbonyl (C=O) groups is 3. The molecule has 0 aliphatic rings. The molecular weight excluding hydrogens is 351 g/mol. The third-order valence-corrected chi connectivity index (χ3v) is 4.58. The third kappa shape index (κ3) is 8.64. The molecule has 3 unspecified atom stereocenters. The summed E-state index contributed by atoms with van der Waals surface area (Å²) >= 11 is 0. The van der Waals surface area contributed by atoms with E-state index < -0.39 is 28.5 Å². The van der Waals surface area contributed by atoms with Gasteiger partial charge in [-0.05, 0) is 26.3 Å². The van der Waals surface area contributed by atoms with Gasteiger partial charge in [-0.1, -0.05) is 25.8 Å². The van der Waals surface area contributed by atoms with E-state index in [1.807, 2.05) is 0 Å². The molecule has 0 saturated heterocycles. The van der Waals surface area contributed by atoms with Gasteiger partial charge in [0, 0.05) is 0 Å². The summed E-state index contributed by atoms with van der Waals surface area (Å²) in [4.78, 5) is 34.5. The van der Waals surface area contributed by atoms with Crippen LogP contribution in [0.5, 0.6) is 0 Å². The Hall–Kier alpha value is -0.930. The number of carboxylic acid groups (broad SMARTS) is 2. The van der Waals surface area contributed by atoms with Crippen LogP contribution < -0.4 is 40.0 Å². The Morgan fingerprint density at radius 2 is 1.81 bits per heavy atom. The predicted octanol–water partition coefficient (Wildman–Crippen LogP) is -3.73. The smallest absolute Gasteiger partial charge is 0.544 e. The molecule has 0 aromatic carbocycles. The Morgan fingerprint density at radius 3 is 2.27 bits per heavy atom. The number of hydrogen-bond acceptors (Lipinski definition) is 5. The number of rotatable bonds is 13. The second kappa shape index (κ2) is 14.2. The number of aliphatic hydroxyl groups excluding tert-OH is 1. The topological polar surface area (TPSA) is 127 Å². The van der Waals surface area contributed by atoms with Crippen molar-refractivity contribution in [2.75, 3.05) is 26.2 Å². The van der Waals surface area contributed by atoms with E-state index in [0.29, 0.717) is 0 Å². The normalized spacial score (nSPS) is 15.5. The van der Waals surface area contributed by atoms with Crippen LogP contribution in [0.25, 0.3) is 0 Å². The monoisotopic (exact) mass is 381 g/mol. The first kappa shape index (κ1) is 27.3. The first-order valence-electron chi connectivity index (χ1n) is 8.58. The minimum absolute atomic E-state index is 0. The molecule has 1 amide bonds. The zero-order valence-corrected chi connectivity index (χ0v) is 18.2. The van der Waals surface area contributed by atoms with Crippen LogP contribution in [0.1, 0.15) is 40.0 Å². The largest absolute Gasteiger partial charge is 1.00 e. The van der Waals surface area contributed by atoms with E-state index in [0.717, 1.165) is 19.3 Å². The van der Waals surface area contributed by atoms with Crippen LogP contribution in [0.2, 0.25) is 0 Å². The van der Waals surface area contributed by atoms with Crippen molar-refractivity contribution in [1.82, 2.24) is 5.32 Å². The van der Waals surface area contributed by atoms with Crippen molar-refractivity contribution in [2.45, 2.75) is 52.1 Å². The number of aliphatic hydroxyl groups is 1. The standard InChI is InChI=1S/C17H30N2O6.Na/c1-4-5-6-7-8-15(21)18-9-10-19(11-12-20,13(2)16(22)23)14(3)17(24)25;/h7-8,13-14,20H,4-6,9-12H2,1-3H3,(H2-,18,21,22,23,24,25);/q;+1/b8-7+;. The van der Waals surface area contributed by atoms with Gasteiger partial charge in [0.2, 0.25) is 5.91 Å². The molecule has 0 saturated carbocycles. The van der Waals surface area contributed by atoms with Crippen LogP contribution in [-0.2, 0) is 14.4 Å². The van der Waals surface area contributed by atoms with Crippen molar-refractivity contribution in [1.29, 1.82) is 0 Å². The maximum absolute atomic E-state index is 11.8. The van der Waals surface area contributed by atoms with E-state index in [4.69, 9.17) is 0 Å². The van der Waals surface area contributed by atoms with Gasteiger partial charge in [-0.15, -0.1) is 0 Å². The van der Waals surface area contributed by atoms with E-state index in [9.17, 15) is 29.7 Å². The molecule has 144 valence electrons. The fourth-order valence-electron chi connectivity index (χ4n) is 2.80. The first-order chi connectivity index (χ1) is 11.7. The molecule has 0 radical (unpaired) electrons. The third-order valence-electron chi connectivity index (χ3n) is 4.58. The quantitative estimate of drug-likeness (QED) is 0.130. The Balaban J connectivity index is 0. The van der Waals surface area contributed by atoms with E-state index in [-0.39, 0.29) is 61.7 Å². The molecule has 0 spiro atoms. The fraction of sp³-hybridized carbons (Fsp3) is 0.706. The number of unbranched alkanes of at least 4 members (excludes halogenated alkanes) is 2. The van der Waals surface area contributed by atoms with Crippen molar-refractivity contribution < 1.29 is 63.7 Å². The first-order valence-corrected chi connectivity index (χ1v) is 8.58. The molecule has 0 rings (SSSR count). The minimum Gasteiger partial charge on any atom is -0.544 e. The number of quaternary nitrogens is 1. The van der Waals surface area contributed by atoms with Gasteiger partial charge in [0.25, 0.3) is 0 Å². The Bertz CT molecular complexity index is 464. The van der Waals surface area contributed by atoms with Crippen molar-refractivity contribution in [3.8, 4) is 0 Å². The molecule has 8 nitrogen and oxygen atoms in total. The molecule has 0 aromatic heterocycles. The van der Waals surface area contributed by atoms with E-state index in [1.165, 1.54) is 19.9 Å². The molecule has 3 atom stereocenters. The molecule has 3 N–H and O–H groups in total. The molecule has 0 fully saturated rings. The van der Waals surface area contributed by atoms with Crippen molar-refractivity contribution in [3.63, 3.8) is 0 Å². The average molecular weight is 381 g/mol. The zero-order chi connectivity index (χ0) is 19.5. The van der Waals surface area contributed by atoms with Crippen molar-refractivity contribution in [3.05, 3.63) is 12.2 Å². The maximum atomic E-state index is 11.8. The van der Waals surface area contributed by atoms with Crippen LogP contribution in [-0.4, -0.2) is 70.9 Å². The summed E-state index contributed by atoms with van der Waals surface area (Å²) in [5.41, 5.74) is 0. The Morgan fingerprint density at radius 1 is 1.19 bits per heavy atom.